The van der Waals surface area contributed by atoms with Gasteiger partial charge in [-0.1, -0.05) is 67.3 Å². The molecule has 1 amide bonds. The maximum Gasteiger partial charge on any atom is 0.227 e. The van der Waals surface area contributed by atoms with Crippen LogP contribution in [0.2, 0.25) is 5.02 Å². The van der Waals surface area contributed by atoms with E-state index in [1.165, 1.54) is 37.7 Å². The molecule has 1 saturated carbocycles. The van der Waals surface area contributed by atoms with E-state index in [4.69, 9.17) is 16.3 Å². The molecule has 4 aromatic rings. The molecule has 1 aliphatic carbocycles. The van der Waals surface area contributed by atoms with E-state index in [1.807, 2.05) is 43.5 Å². The van der Waals surface area contributed by atoms with Crippen molar-refractivity contribution in [2.45, 2.75) is 57.4 Å². The first-order valence-corrected chi connectivity index (χ1v) is 13.5. The zero-order valence-corrected chi connectivity index (χ0v) is 22.2. The van der Waals surface area contributed by atoms with Gasteiger partial charge in [0, 0.05) is 29.3 Å². The molecule has 0 saturated heterocycles. The molecule has 5 rings (SSSR count). The maximum atomic E-state index is 13.1. The second kappa shape index (κ2) is 11.4. The molecule has 1 N–H and O–H groups in total. The number of methoxy groups -OCH3 is 1. The maximum absolute atomic E-state index is 13.1. The van der Waals surface area contributed by atoms with Gasteiger partial charge in [-0.25, -0.2) is 0 Å². The highest BCUT2D eigenvalue weighted by molar-refractivity contribution is 6.31. The molecule has 0 radical (unpaired) electrons. The van der Waals surface area contributed by atoms with E-state index in [1.54, 1.807) is 13.3 Å². The minimum absolute atomic E-state index is 0.0182. The van der Waals surface area contributed by atoms with Gasteiger partial charge in [0.2, 0.25) is 5.91 Å². The number of aromatic nitrogens is 1. The Kier molecular flexibility index (Phi) is 7.76. The SMILES string of the molecule is COc1cccc(-c2ccc(CNC(=O)C(C)c3ccc(C4CCCCC4)c(Cl)c3)c3cnccc23)c1. The summed E-state index contributed by atoms with van der Waals surface area (Å²) in [7, 11) is 1.67. The average molecular weight is 513 g/mol. The standard InChI is InChI=1S/C32H33ClN2O2/c1-21(23-11-14-28(31(33)18-23)22-7-4-3-5-8-22)32(36)35-19-25-12-13-27(29-15-16-34-20-30(25)29)24-9-6-10-26(17-24)37-2/h6,9-18,20-22H,3-5,7-8,19H2,1-2H3,(H,35,36). The molecule has 1 heterocycles. The van der Waals surface area contributed by atoms with Crippen LogP contribution in [0.15, 0.2) is 73.1 Å². The van der Waals surface area contributed by atoms with Gasteiger partial charge in [-0.15, -0.1) is 0 Å². The van der Waals surface area contributed by atoms with Crippen LogP contribution < -0.4 is 10.1 Å². The number of hydrogen-bond donors (Lipinski definition) is 1. The summed E-state index contributed by atoms with van der Waals surface area (Å²) in [6.07, 6.45) is 9.94. The Morgan fingerprint density at radius 3 is 2.68 bits per heavy atom. The van der Waals surface area contributed by atoms with E-state index >= 15 is 0 Å². The van der Waals surface area contributed by atoms with E-state index in [9.17, 15) is 4.79 Å². The molecule has 1 atom stereocenters. The summed E-state index contributed by atoms with van der Waals surface area (Å²) in [5.41, 5.74) is 5.39. The minimum atomic E-state index is -0.293. The molecule has 37 heavy (non-hydrogen) atoms. The zero-order chi connectivity index (χ0) is 25.8. The predicted octanol–water partition coefficient (Wildman–Crippen LogP) is 8.03. The van der Waals surface area contributed by atoms with Gasteiger partial charge in [0.15, 0.2) is 0 Å². The number of pyridine rings is 1. The van der Waals surface area contributed by atoms with E-state index < -0.39 is 0 Å². The number of amides is 1. The van der Waals surface area contributed by atoms with Crippen LogP contribution in [-0.4, -0.2) is 18.0 Å². The highest BCUT2D eigenvalue weighted by Gasteiger charge is 2.21. The highest BCUT2D eigenvalue weighted by atomic mass is 35.5. The van der Waals surface area contributed by atoms with Crippen LogP contribution in [0.4, 0.5) is 0 Å². The molecule has 1 aromatic heterocycles. The Labute approximate surface area is 224 Å². The van der Waals surface area contributed by atoms with Crippen molar-refractivity contribution in [1.82, 2.24) is 10.3 Å². The van der Waals surface area contributed by atoms with Crippen LogP contribution in [0, 0.1) is 0 Å². The topological polar surface area (TPSA) is 51.2 Å². The molecule has 190 valence electrons. The van der Waals surface area contributed by atoms with E-state index in [-0.39, 0.29) is 11.8 Å². The lowest BCUT2D eigenvalue weighted by Gasteiger charge is -2.23. The fourth-order valence-corrected chi connectivity index (χ4v) is 5.83. The van der Waals surface area contributed by atoms with Gasteiger partial charge < -0.3 is 10.1 Å². The van der Waals surface area contributed by atoms with Gasteiger partial charge in [-0.2, -0.15) is 0 Å². The second-order valence-corrected chi connectivity index (χ2v) is 10.4. The molecule has 0 bridgehead atoms. The fraction of sp³-hybridized carbons (Fsp3) is 0.312. The number of benzene rings is 3. The minimum Gasteiger partial charge on any atom is -0.497 e. The second-order valence-electron chi connectivity index (χ2n) is 9.98. The lowest BCUT2D eigenvalue weighted by Crippen LogP contribution is -2.27. The number of ether oxygens (including phenoxy) is 1. The first-order valence-electron chi connectivity index (χ1n) is 13.1. The molecular formula is C32H33ClN2O2. The predicted molar refractivity (Wildman–Crippen MR) is 151 cm³/mol. The van der Waals surface area contributed by atoms with Gasteiger partial charge in [-0.05, 0) is 83.2 Å². The molecule has 5 heteroatoms. The summed E-state index contributed by atoms with van der Waals surface area (Å²) in [5.74, 6) is 1.05. The van der Waals surface area contributed by atoms with E-state index in [0.29, 0.717) is 12.5 Å². The third kappa shape index (κ3) is 5.50. The highest BCUT2D eigenvalue weighted by Crippen LogP contribution is 2.37. The molecule has 1 unspecified atom stereocenters. The van der Waals surface area contributed by atoms with Gasteiger partial charge >= 0.3 is 0 Å². The summed E-state index contributed by atoms with van der Waals surface area (Å²) in [5, 5.41) is 6.04. The van der Waals surface area contributed by atoms with Crippen LogP contribution in [-0.2, 0) is 11.3 Å². The molecular weight excluding hydrogens is 480 g/mol. The summed E-state index contributed by atoms with van der Waals surface area (Å²) in [6.45, 7) is 2.37. The number of fused-ring (bicyclic) bond motifs is 1. The van der Waals surface area contributed by atoms with E-state index in [0.717, 1.165) is 43.8 Å². The normalized spacial score (nSPS) is 14.9. The van der Waals surface area contributed by atoms with Gasteiger partial charge in [0.05, 0.1) is 13.0 Å². The van der Waals surface area contributed by atoms with Crippen molar-refractivity contribution in [3.05, 3.63) is 94.8 Å². The van der Waals surface area contributed by atoms with Crippen molar-refractivity contribution in [2.24, 2.45) is 0 Å². The monoisotopic (exact) mass is 512 g/mol. The number of carbonyl (C=O) groups is 1. The Balaban J connectivity index is 1.32. The zero-order valence-electron chi connectivity index (χ0n) is 21.5. The summed E-state index contributed by atoms with van der Waals surface area (Å²) in [6, 6.07) is 20.4. The molecule has 1 aliphatic rings. The van der Waals surface area contributed by atoms with E-state index in [2.05, 4.69) is 40.6 Å². The molecule has 0 aliphatic heterocycles. The number of rotatable bonds is 7. The third-order valence-corrected chi connectivity index (χ3v) is 8.03. The van der Waals surface area contributed by atoms with Crippen molar-refractivity contribution < 1.29 is 9.53 Å². The molecule has 3 aromatic carbocycles. The summed E-state index contributed by atoms with van der Waals surface area (Å²) in [4.78, 5) is 17.5. The van der Waals surface area contributed by atoms with Crippen molar-refractivity contribution >= 4 is 28.3 Å². The van der Waals surface area contributed by atoms with Crippen molar-refractivity contribution in [2.75, 3.05) is 7.11 Å². The first-order chi connectivity index (χ1) is 18.0. The Morgan fingerprint density at radius 1 is 1.05 bits per heavy atom. The van der Waals surface area contributed by atoms with Gasteiger partial charge in [0.1, 0.15) is 5.75 Å². The lowest BCUT2D eigenvalue weighted by molar-refractivity contribution is -0.122. The van der Waals surface area contributed by atoms with Gasteiger partial charge in [0.25, 0.3) is 0 Å². The van der Waals surface area contributed by atoms with Crippen molar-refractivity contribution in [1.29, 1.82) is 0 Å². The van der Waals surface area contributed by atoms with Crippen LogP contribution in [0.1, 0.15) is 67.6 Å². The van der Waals surface area contributed by atoms with Crippen LogP contribution in [0.25, 0.3) is 21.9 Å². The average Bonchev–Trinajstić information content (AvgIpc) is 2.95. The van der Waals surface area contributed by atoms with Crippen LogP contribution >= 0.6 is 11.6 Å². The third-order valence-electron chi connectivity index (χ3n) is 7.70. The quantitative estimate of drug-likeness (QED) is 0.272. The number of halogens is 1. The number of carbonyl (C=O) groups excluding carboxylic acids is 1. The molecule has 1 fully saturated rings. The number of nitrogens with zero attached hydrogens (tertiary/aromatic N) is 1. The first kappa shape index (κ1) is 25.3. The van der Waals surface area contributed by atoms with Crippen molar-refractivity contribution in [3.63, 3.8) is 0 Å². The molecule has 0 spiro atoms. The summed E-state index contributed by atoms with van der Waals surface area (Å²) >= 11 is 6.69. The Hall–Kier alpha value is -3.37. The van der Waals surface area contributed by atoms with Crippen LogP contribution in [0.5, 0.6) is 5.75 Å². The smallest absolute Gasteiger partial charge is 0.227 e. The Bertz CT molecular complexity index is 1410. The lowest BCUT2D eigenvalue weighted by atomic mass is 9.83. The van der Waals surface area contributed by atoms with Gasteiger partial charge in [-0.3, -0.25) is 9.78 Å². The van der Waals surface area contributed by atoms with Crippen LogP contribution in [0.3, 0.4) is 0 Å². The fourth-order valence-electron chi connectivity index (χ4n) is 5.49. The largest absolute Gasteiger partial charge is 0.497 e. The molecule has 4 nitrogen and oxygen atoms in total. The summed E-state index contributed by atoms with van der Waals surface area (Å²) < 4.78 is 5.41. The number of hydrogen-bond acceptors (Lipinski definition) is 3. The number of nitrogens with one attached hydrogen (secondary N) is 1. The Morgan fingerprint density at radius 2 is 1.89 bits per heavy atom. The van der Waals surface area contributed by atoms with Crippen molar-refractivity contribution in [3.8, 4) is 16.9 Å².